The minimum Gasteiger partial charge on any atom is -0.497 e. The fourth-order valence-corrected chi connectivity index (χ4v) is 2.59. The van der Waals surface area contributed by atoms with E-state index in [0.717, 1.165) is 16.7 Å². The zero-order chi connectivity index (χ0) is 20.1. The van der Waals surface area contributed by atoms with Crippen molar-refractivity contribution in [3.63, 3.8) is 0 Å². The molecule has 0 spiro atoms. The van der Waals surface area contributed by atoms with E-state index >= 15 is 0 Å². The standard InChI is InChI=1S/C21H23N3O4/c1-13-8-9-14(2)18(10-13)27-15(3)21(25)22-12-19-23-20(24-28-19)16-6-5-7-17(11-16)26-4/h5-11,15H,12H2,1-4H3,(H,22,25)/t15-/m0/s1. The topological polar surface area (TPSA) is 86.5 Å². The second kappa shape index (κ2) is 8.56. The van der Waals surface area contributed by atoms with Crippen LogP contribution in [-0.2, 0) is 11.3 Å². The number of nitrogens with zero attached hydrogens (tertiary/aromatic N) is 2. The van der Waals surface area contributed by atoms with Gasteiger partial charge >= 0.3 is 0 Å². The highest BCUT2D eigenvalue weighted by Gasteiger charge is 2.17. The van der Waals surface area contributed by atoms with E-state index in [2.05, 4.69) is 15.5 Å². The van der Waals surface area contributed by atoms with Gasteiger partial charge in [-0.25, -0.2) is 0 Å². The van der Waals surface area contributed by atoms with E-state index in [9.17, 15) is 4.79 Å². The van der Waals surface area contributed by atoms with Gasteiger partial charge in [-0.05, 0) is 50.1 Å². The first-order valence-electron chi connectivity index (χ1n) is 8.95. The molecule has 1 heterocycles. The molecule has 1 N–H and O–H groups in total. The number of amides is 1. The Hall–Kier alpha value is -3.35. The summed E-state index contributed by atoms with van der Waals surface area (Å²) in [6.45, 7) is 5.74. The molecule has 0 aliphatic carbocycles. The lowest BCUT2D eigenvalue weighted by molar-refractivity contribution is -0.127. The number of hydrogen-bond donors (Lipinski definition) is 1. The van der Waals surface area contributed by atoms with Crippen LogP contribution in [0.3, 0.4) is 0 Å². The van der Waals surface area contributed by atoms with Crippen LogP contribution in [0.25, 0.3) is 11.4 Å². The lowest BCUT2D eigenvalue weighted by Gasteiger charge is -2.16. The quantitative estimate of drug-likeness (QED) is 0.675. The Labute approximate surface area is 163 Å². The summed E-state index contributed by atoms with van der Waals surface area (Å²) in [6.07, 6.45) is -0.652. The molecule has 0 saturated heterocycles. The summed E-state index contributed by atoms with van der Waals surface area (Å²) in [5.41, 5.74) is 2.82. The molecule has 0 radical (unpaired) electrons. The van der Waals surface area contributed by atoms with E-state index in [1.165, 1.54) is 0 Å². The average molecular weight is 381 g/mol. The number of carbonyl (C=O) groups is 1. The number of methoxy groups -OCH3 is 1. The third kappa shape index (κ3) is 4.68. The molecule has 146 valence electrons. The van der Waals surface area contributed by atoms with Crippen LogP contribution in [0.4, 0.5) is 0 Å². The largest absolute Gasteiger partial charge is 0.497 e. The lowest BCUT2D eigenvalue weighted by Crippen LogP contribution is -2.36. The molecule has 3 aromatic rings. The van der Waals surface area contributed by atoms with Crippen LogP contribution in [0.2, 0.25) is 0 Å². The first kappa shape index (κ1) is 19.4. The van der Waals surface area contributed by atoms with Gasteiger partial charge in [-0.2, -0.15) is 4.98 Å². The first-order valence-corrected chi connectivity index (χ1v) is 8.95. The van der Waals surface area contributed by atoms with Crippen molar-refractivity contribution in [1.29, 1.82) is 0 Å². The normalized spacial score (nSPS) is 11.7. The van der Waals surface area contributed by atoms with Gasteiger partial charge in [-0.15, -0.1) is 0 Å². The van der Waals surface area contributed by atoms with E-state index in [4.69, 9.17) is 14.0 Å². The smallest absolute Gasteiger partial charge is 0.261 e. The summed E-state index contributed by atoms with van der Waals surface area (Å²) >= 11 is 0. The zero-order valence-electron chi connectivity index (χ0n) is 16.4. The molecular formula is C21H23N3O4. The van der Waals surface area contributed by atoms with Crippen molar-refractivity contribution in [2.75, 3.05) is 7.11 Å². The summed E-state index contributed by atoms with van der Waals surface area (Å²) < 4.78 is 16.2. The predicted molar refractivity (Wildman–Crippen MR) is 104 cm³/mol. The summed E-state index contributed by atoms with van der Waals surface area (Å²) in [6, 6.07) is 13.2. The molecule has 1 aromatic heterocycles. The van der Waals surface area contributed by atoms with Crippen molar-refractivity contribution in [1.82, 2.24) is 15.5 Å². The molecule has 0 fully saturated rings. The molecule has 3 rings (SSSR count). The van der Waals surface area contributed by atoms with Crippen LogP contribution in [0, 0.1) is 13.8 Å². The molecule has 0 aliphatic rings. The van der Waals surface area contributed by atoms with E-state index in [-0.39, 0.29) is 12.5 Å². The van der Waals surface area contributed by atoms with Gasteiger partial charge in [0.1, 0.15) is 11.5 Å². The Morgan fingerprint density at radius 2 is 2.04 bits per heavy atom. The summed E-state index contributed by atoms with van der Waals surface area (Å²) in [5, 5.41) is 6.70. The number of aromatic nitrogens is 2. The van der Waals surface area contributed by atoms with Crippen LogP contribution in [0.1, 0.15) is 23.9 Å². The fraction of sp³-hybridized carbons (Fsp3) is 0.286. The van der Waals surface area contributed by atoms with Crippen LogP contribution < -0.4 is 14.8 Å². The molecule has 1 atom stereocenters. The molecule has 28 heavy (non-hydrogen) atoms. The second-order valence-corrected chi connectivity index (χ2v) is 6.49. The van der Waals surface area contributed by atoms with Gasteiger partial charge in [-0.3, -0.25) is 4.79 Å². The number of rotatable bonds is 7. The van der Waals surface area contributed by atoms with Crippen LogP contribution in [0.5, 0.6) is 11.5 Å². The Bertz CT molecular complexity index is 968. The predicted octanol–water partition coefficient (Wildman–Crippen LogP) is 3.45. The molecule has 0 bridgehead atoms. The monoisotopic (exact) mass is 381 g/mol. The van der Waals surface area contributed by atoms with Crippen molar-refractivity contribution in [2.45, 2.75) is 33.4 Å². The van der Waals surface area contributed by atoms with E-state index < -0.39 is 6.10 Å². The third-order valence-electron chi connectivity index (χ3n) is 4.23. The lowest BCUT2D eigenvalue weighted by atomic mass is 10.1. The fourth-order valence-electron chi connectivity index (χ4n) is 2.59. The van der Waals surface area contributed by atoms with Gasteiger partial charge in [0.15, 0.2) is 6.10 Å². The first-order chi connectivity index (χ1) is 13.5. The number of hydrogen-bond acceptors (Lipinski definition) is 6. The molecule has 1 amide bonds. The van der Waals surface area contributed by atoms with Crippen LogP contribution in [-0.4, -0.2) is 29.3 Å². The minimum atomic E-state index is -0.652. The van der Waals surface area contributed by atoms with Crippen molar-refractivity contribution >= 4 is 5.91 Å². The van der Waals surface area contributed by atoms with Crippen molar-refractivity contribution in [2.24, 2.45) is 0 Å². The molecule has 7 nitrogen and oxygen atoms in total. The highest BCUT2D eigenvalue weighted by atomic mass is 16.5. The number of carbonyl (C=O) groups excluding carboxylic acids is 1. The Morgan fingerprint density at radius 3 is 2.82 bits per heavy atom. The van der Waals surface area contributed by atoms with Crippen molar-refractivity contribution in [3.8, 4) is 22.9 Å². The van der Waals surface area contributed by atoms with Crippen molar-refractivity contribution < 1.29 is 18.8 Å². The molecule has 0 unspecified atom stereocenters. The third-order valence-corrected chi connectivity index (χ3v) is 4.23. The maximum absolute atomic E-state index is 12.3. The Kier molecular flexibility index (Phi) is 5.93. The zero-order valence-corrected chi connectivity index (χ0v) is 16.4. The van der Waals surface area contributed by atoms with Gasteiger partial charge in [0.25, 0.3) is 5.91 Å². The van der Waals surface area contributed by atoms with Gasteiger partial charge in [0.2, 0.25) is 11.7 Å². The van der Waals surface area contributed by atoms with Crippen LogP contribution in [0.15, 0.2) is 47.0 Å². The highest BCUT2D eigenvalue weighted by molar-refractivity contribution is 5.80. The Balaban J connectivity index is 1.58. The van der Waals surface area contributed by atoms with Gasteiger partial charge < -0.3 is 19.3 Å². The summed E-state index contributed by atoms with van der Waals surface area (Å²) in [4.78, 5) is 16.6. The minimum absolute atomic E-state index is 0.121. The number of aryl methyl sites for hydroxylation is 2. The van der Waals surface area contributed by atoms with E-state index in [1.54, 1.807) is 14.0 Å². The molecular weight excluding hydrogens is 358 g/mol. The number of benzene rings is 2. The average Bonchev–Trinajstić information content (AvgIpc) is 3.18. The summed E-state index contributed by atoms with van der Waals surface area (Å²) in [5.74, 6) is 1.88. The van der Waals surface area contributed by atoms with E-state index in [1.807, 2.05) is 56.3 Å². The molecule has 2 aromatic carbocycles. The van der Waals surface area contributed by atoms with Crippen LogP contribution >= 0.6 is 0 Å². The van der Waals surface area contributed by atoms with Gasteiger partial charge in [0, 0.05) is 5.56 Å². The number of ether oxygens (including phenoxy) is 2. The molecule has 0 saturated carbocycles. The summed E-state index contributed by atoms with van der Waals surface area (Å²) in [7, 11) is 1.60. The Morgan fingerprint density at radius 1 is 1.21 bits per heavy atom. The van der Waals surface area contributed by atoms with Gasteiger partial charge in [0.05, 0.1) is 13.7 Å². The second-order valence-electron chi connectivity index (χ2n) is 6.49. The highest BCUT2D eigenvalue weighted by Crippen LogP contribution is 2.22. The van der Waals surface area contributed by atoms with Crippen molar-refractivity contribution in [3.05, 3.63) is 59.5 Å². The van der Waals surface area contributed by atoms with Gasteiger partial charge in [-0.1, -0.05) is 29.4 Å². The van der Waals surface area contributed by atoms with E-state index in [0.29, 0.717) is 23.2 Å². The SMILES string of the molecule is COc1cccc(-c2noc(CNC(=O)[C@H](C)Oc3cc(C)ccc3C)n2)c1. The maximum atomic E-state index is 12.3. The maximum Gasteiger partial charge on any atom is 0.261 e. The molecule has 7 heteroatoms. The molecule has 0 aliphatic heterocycles. The number of nitrogens with one attached hydrogen (secondary N) is 1.